The number of aliphatic hydroxyl groups is 1. The summed E-state index contributed by atoms with van der Waals surface area (Å²) >= 11 is 0. The molecule has 6 heteroatoms. The number of rotatable bonds is 3. The summed E-state index contributed by atoms with van der Waals surface area (Å²) in [6.07, 6.45) is -5.65. The van der Waals surface area contributed by atoms with Crippen molar-refractivity contribution in [2.45, 2.75) is 25.2 Å². The van der Waals surface area contributed by atoms with Crippen molar-refractivity contribution < 1.29 is 23.0 Å². The summed E-state index contributed by atoms with van der Waals surface area (Å²) < 4.78 is 42.5. The average Bonchev–Trinajstić information content (AvgIpc) is 2.26. The first-order valence-electron chi connectivity index (χ1n) is 4.95. The van der Waals surface area contributed by atoms with Gasteiger partial charge in [-0.05, 0) is 30.7 Å². The van der Waals surface area contributed by atoms with Gasteiger partial charge in [-0.3, -0.25) is 0 Å². The molecule has 0 aliphatic carbocycles. The van der Waals surface area contributed by atoms with Gasteiger partial charge in [-0.1, -0.05) is 0 Å². The lowest BCUT2D eigenvalue weighted by Crippen LogP contribution is -2.24. The Labute approximate surface area is 97.0 Å². The zero-order chi connectivity index (χ0) is 13.2. The molecular formula is C11H14F3NO2. The Morgan fingerprint density at radius 3 is 2.29 bits per heavy atom. The van der Waals surface area contributed by atoms with Crippen LogP contribution in [0.1, 0.15) is 24.2 Å². The molecule has 96 valence electrons. The smallest absolute Gasteiger partial charge is 0.416 e. The van der Waals surface area contributed by atoms with E-state index in [2.05, 4.69) is 0 Å². The van der Waals surface area contributed by atoms with Gasteiger partial charge in [0.15, 0.2) is 0 Å². The fourth-order valence-corrected chi connectivity index (χ4v) is 1.38. The van der Waals surface area contributed by atoms with Gasteiger partial charge in [-0.15, -0.1) is 0 Å². The van der Waals surface area contributed by atoms with Gasteiger partial charge in [-0.2, -0.15) is 13.2 Å². The molecule has 3 N–H and O–H groups in total. The summed E-state index contributed by atoms with van der Waals surface area (Å²) in [5, 5.41) is 9.66. The number of hydrogen-bond donors (Lipinski definition) is 2. The molecule has 0 aliphatic heterocycles. The Kier molecular flexibility index (Phi) is 4.00. The third-order valence-corrected chi connectivity index (χ3v) is 2.33. The molecule has 0 aliphatic rings. The monoisotopic (exact) mass is 249 g/mol. The van der Waals surface area contributed by atoms with E-state index in [-0.39, 0.29) is 11.3 Å². The summed E-state index contributed by atoms with van der Waals surface area (Å²) in [4.78, 5) is 0. The van der Waals surface area contributed by atoms with Gasteiger partial charge in [0.2, 0.25) is 0 Å². The molecule has 2 atom stereocenters. The summed E-state index contributed by atoms with van der Waals surface area (Å²) in [7, 11) is 1.26. The summed E-state index contributed by atoms with van der Waals surface area (Å²) in [5.74, 6) is 0.0366. The van der Waals surface area contributed by atoms with Crippen molar-refractivity contribution in [2.24, 2.45) is 5.73 Å². The summed E-state index contributed by atoms with van der Waals surface area (Å²) in [6, 6.07) is 2.42. The molecule has 0 saturated carbocycles. The van der Waals surface area contributed by atoms with Crippen LogP contribution in [0.5, 0.6) is 5.75 Å². The highest BCUT2D eigenvalue weighted by Gasteiger charge is 2.32. The Balaban J connectivity index is 3.23. The first kappa shape index (κ1) is 13.8. The zero-order valence-corrected chi connectivity index (χ0v) is 9.45. The van der Waals surface area contributed by atoms with Gasteiger partial charge in [0.25, 0.3) is 0 Å². The zero-order valence-electron chi connectivity index (χ0n) is 9.45. The lowest BCUT2D eigenvalue weighted by atomic mass is 10.0. The first-order valence-corrected chi connectivity index (χ1v) is 4.95. The molecular weight excluding hydrogens is 235 g/mol. The maximum absolute atomic E-state index is 12.6. The minimum Gasteiger partial charge on any atom is -0.497 e. The van der Waals surface area contributed by atoms with Crippen LogP contribution < -0.4 is 10.5 Å². The van der Waals surface area contributed by atoms with Crippen molar-refractivity contribution in [3.63, 3.8) is 0 Å². The molecule has 0 radical (unpaired) electrons. The fraction of sp³-hybridized carbons (Fsp3) is 0.455. The minimum absolute atomic E-state index is 0.0366. The molecule has 0 fully saturated rings. The van der Waals surface area contributed by atoms with Gasteiger partial charge < -0.3 is 15.6 Å². The highest BCUT2D eigenvalue weighted by atomic mass is 19.4. The van der Waals surface area contributed by atoms with E-state index in [1.807, 2.05) is 0 Å². The Hall–Kier alpha value is -1.27. The van der Waals surface area contributed by atoms with E-state index in [9.17, 15) is 18.3 Å². The van der Waals surface area contributed by atoms with Crippen LogP contribution in [-0.2, 0) is 6.18 Å². The highest BCUT2D eigenvalue weighted by molar-refractivity contribution is 5.37. The van der Waals surface area contributed by atoms with Crippen LogP contribution in [0.3, 0.4) is 0 Å². The van der Waals surface area contributed by atoms with E-state index in [4.69, 9.17) is 10.5 Å². The lowest BCUT2D eigenvalue weighted by molar-refractivity contribution is -0.137. The number of alkyl halides is 3. The number of nitrogens with two attached hydrogens (primary N) is 1. The molecule has 1 aromatic carbocycles. The van der Waals surface area contributed by atoms with E-state index in [0.717, 1.165) is 12.1 Å². The number of hydrogen-bond acceptors (Lipinski definition) is 3. The predicted octanol–water partition coefficient (Wildman–Crippen LogP) is 2.09. The standard InChI is InChI=1S/C11H14F3NO2/c1-6(15)10(16)7-3-8(11(12,13)14)5-9(4-7)17-2/h3-6,10,16H,15H2,1-2H3/t6-,10-/m1/s1. The van der Waals surface area contributed by atoms with Gasteiger partial charge in [-0.25, -0.2) is 0 Å². The molecule has 0 unspecified atom stereocenters. The van der Waals surface area contributed by atoms with Gasteiger partial charge in [0, 0.05) is 6.04 Å². The van der Waals surface area contributed by atoms with Crippen molar-refractivity contribution in [1.82, 2.24) is 0 Å². The topological polar surface area (TPSA) is 55.5 Å². The largest absolute Gasteiger partial charge is 0.497 e. The van der Waals surface area contributed by atoms with Crippen LogP contribution >= 0.6 is 0 Å². The van der Waals surface area contributed by atoms with Gasteiger partial charge in [0.1, 0.15) is 5.75 Å². The van der Waals surface area contributed by atoms with Crippen LogP contribution in [0, 0.1) is 0 Å². The predicted molar refractivity (Wildman–Crippen MR) is 56.6 cm³/mol. The number of ether oxygens (including phenoxy) is 1. The molecule has 3 nitrogen and oxygen atoms in total. The van der Waals surface area contributed by atoms with Crippen LogP contribution in [0.25, 0.3) is 0 Å². The second-order valence-electron chi connectivity index (χ2n) is 3.80. The van der Waals surface area contributed by atoms with Crippen LogP contribution in [-0.4, -0.2) is 18.3 Å². The normalized spacial score (nSPS) is 15.5. The summed E-state index contributed by atoms with van der Waals surface area (Å²) in [6.45, 7) is 1.51. The molecule has 0 bridgehead atoms. The molecule has 0 aromatic heterocycles. The Morgan fingerprint density at radius 2 is 1.88 bits per heavy atom. The average molecular weight is 249 g/mol. The minimum atomic E-state index is -4.49. The van der Waals surface area contributed by atoms with Crippen molar-refractivity contribution in [3.8, 4) is 5.75 Å². The molecule has 0 amide bonds. The van der Waals surface area contributed by atoms with Gasteiger partial charge in [0.05, 0.1) is 18.8 Å². The van der Waals surface area contributed by atoms with Crippen LogP contribution in [0.4, 0.5) is 13.2 Å². The Bertz CT molecular complexity index is 391. The lowest BCUT2D eigenvalue weighted by Gasteiger charge is -2.18. The second-order valence-corrected chi connectivity index (χ2v) is 3.80. The third-order valence-electron chi connectivity index (χ3n) is 2.33. The number of halogens is 3. The van der Waals surface area contributed by atoms with Crippen molar-refractivity contribution in [2.75, 3.05) is 7.11 Å². The SMILES string of the molecule is COc1cc([C@H](O)[C@@H](C)N)cc(C(F)(F)F)c1. The van der Waals surface area contributed by atoms with E-state index in [1.54, 1.807) is 0 Å². The van der Waals surface area contributed by atoms with Crippen LogP contribution in [0.2, 0.25) is 0 Å². The summed E-state index contributed by atoms with van der Waals surface area (Å²) in [5.41, 5.74) is 4.67. The maximum atomic E-state index is 12.6. The van der Waals surface area contributed by atoms with E-state index in [0.29, 0.717) is 0 Å². The fourth-order valence-electron chi connectivity index (χ4n) is 1.38. The molecule has 1 aromatic rings. The van der Waals surface area contributed by atoms with Crippen LogP contribution in [0.15, 0.2) is 18.2 Å². The number of benzene rings is 1. The van der Waals surface area contributed by atoms with E-state index in [1.165, 1.54) is 20.1 Å². The van der Waals surface area contributed by atoms with E-state index < -0.39 is 23.9 Å². The van der Waals surface area contributed by atoms with E-state index >= 15 is 0 Å². The van der Waals surface area contributed by atoms with Crippen molar-refractivity contribution >= 4 is 0 Å². The highest BCUT2D eigenvalue weighted by Crippen LogP contribution is 2.34. The second kappa shape index (κ2) is 4.93. The van der Waals surface area contributed by atoms with Crippen molar-refractivity contribution in [1.29, 1.82) is 0 Å². The third kappa shape index (κ3) is 3.34. The number of methoxy groups -OCH3 is 1. The molecule has 0 heterocycles. The van der Waals surface area contributed by atoms with Gasteiger partial charge >= 0.3 is 6.18 Å². The molecule has 17 heavy (non-hydrogen) atoms. The molecule has 0 spiro atoms. The number of aliphatic hydroxyl groups excluding tert-OH is 1. The van der Waals surface area contributed by atoms with Crippen molar-refractivity contribution in [3.05, 3.63) is 29.3 Å². The first-order chi connectivity index (χ1) is 7.75. The molecule has 1 rings (SSSR count). The maximum Gasteiger partial charge on any atom is 0.416 e. The quantitative estimate of drug-likeness (QED) is 0.862. The molecule has 0 saturated heterocycles. The Morgan fingerprint density at radius 1 is 1.29 bits per heavy atom.